The lowest BCUT2D eigenvalue weighted by Gasteiger charge is -1.99. The van der Waals surface area contributed by atoms with E-state index in [4.69, 9.17) is 0 Å². The van der Waals surface area contributed by atoms with Gasteiger partial charge in [-0.05, 0) is 24.3 Å². The summed E-state index contributed by atoms with van der Waals surface area (Å²) < 4.78 is 38.1. The van der Waals surface area contributed by atoms with E-state index in [1.54, 1.807) is 12.1 Å². The van der Waals surface area contributed by atoms with Gasteiger partial charge in [-0.1, -0.05) is 13.8 Å². The molecule has 0 aliphatic heterocycles. The number of rotatable bonds is 3. The third-order valence-corrected chi connectivity index (χ3v) is 2.12. The normalized spacial score (nSPS) is 10.1. The van der Waals surface area contributed by atoms with Crippen molar-refractivity contribution >= 4 is 0 Å². The van der Waals surface area contributed by atoms with Gasteiger partial charge >= 0.3 is 0 Å². The monoisotopic (exact) mass is 256 g/mol. The van der Waals surface area contributed by atoms with Crippen molar-refractivity contribution in [2.45, 2.75) is 26.8 Å². The topological polar surface area (TPSA) is 17.8 Å². The molecule has 0 bridgehead atoms. The van der Waals surface area contributed by atoms with Crippen LogP contribution in [0, 0.1) is 5.82 Å². The van der Waals surface area contributed by atoms with Crippen molar-refractivity contribution in [1.82, 2.24) is 9.55 Å². The molecule has 2 aromatic rings. The molecule has 0 aliphatic carbocycles. The van der Waals surface area contributed by atoms with Crippen LogP contribution in [0.4, 0.5) is 13.2 Å². The largest absolute Gasteiger partial charge is 0.331 e. The van der Waals surface area contributed by atoms with Crippen LogP contribution in [0.25, 0.3) is 11.3 Å². The van der Waals surface area contributed by atoms with E-state index in [0.717, 1.165) is 0 Å². The van der Waals surface area contributed by atoms with Crippen molar-refractivity contribution in [2.24, 2.45) is 0 Å². The summed E-state index contributed by atoms with van der Waals surface area (Å²) >= 11 is 0. The molecule has 1 aromatic heterocycles. The number of alkyl halides is 2. The summed E-state index contributed by atoms with van der Waals surface area (Å²) in [6, 6.07) is 5.73. The molecular weight excluding hydrogens is 241 g/mol. The van der Waals surface area contributed by atoms with E-state index in [9.17, 15) is 13.2 Å². The van der Waals surface area contributed by atoms with Crippen molar-refractivity contribution < 1.29 is 13.2 Å². The van der Waals surface area contributed by atoms with E-state index < -0.39 is 6.43 Å². The molecule has 0 radical (unpaired) electrons. The first-order valence-corrected chi connectivity index (χ1v) is 5.71. The maximum atomic E-state index is 12.7. The first kappa shape index (κ1) is 14.3. The van der Waals surface area contributed by atoms with Gasteiger partial charge in [-0.3, -0.25) is 0 Å². The predicted octanol–water partition coefficient (Wildman–Crippen LogP) is 3.98. The van der Waals surface area contributed by atoms with Crippen LogP contribution in [-0.2, 0) is 6.54 Å². The quantitative estimate of drug-likeness (QED) is 0.812. The molecule has 0 atom stereocenters. The summed E-state index contributed by atoms with van der Waals surface area (Å²) in [6.07, 6.45) is 0.444. The number of halogens is 3. The number of aromatic nitrogens is 2. The highest BCUT2D eigenvalue weighted by Crippen LogP contribution is 2.17. The Balaban J connectivity index is 0.000000771. The van der Waals surface area contributed by atoms with E-state index in [1.165, 1.54) is 29.2 Å². The average molecular weight is 256 g/mol. The van der Waals surface area contributed by atoms with Crippen molar-refractivity contribution in [3.8, 4) is 11.3 Å². The van der Waals surface area contributed by atoms with Gasteiger partial charge < -0.3 is 4.57 Å². The molecule has 2 rings (SSSR count). The molecule has 1 aromatic carbocycles. The number of benzene rings is 1. The van der Waals surface area contributed by atoms with Crippen molar-refractivity contribution in [3.05, 3.63) is 42.6 Å². The second-order valence-corrected chi connectivity index (χ2v) is 3.35. The molecule has 0 N–H and O–H groups in total. The lowest BCUT2D eigenvalue weighted by atomic mass is 10.2. The number of nitrogens with zero attached hydrogens (tertiary/aromatic N) is 2. The van der Waals surface area contributed by atoms with Gasteiger partial charge in [-0.25, -0.2) is 18.2 Å². The van der Waals surface area contributed by atoms with E-state index in [-0.39, 0.29) is 12.4 Å². The highest BCUT2D eigenvalue weighted by molar-refractivity contribution is 5.57. The van der Waals surface area contributed by atoms with Crippen LogP contribution in [0.5, 0.6) is 0 Å². The van der Waals surface area contributed by atoms with Crippen LogP contribution < -0.4 is 0 Å². The Morgan fingerprint density at radius 2 is 1.78 bits per heavy atom. The lowest BCUT2D eigenvalue weighted by Crippen LogP contribution is -2.03. The molecule has 0 spiro atoms. The fraction of sp³-hybridized carbons (Fsp3) is 0.308. The summed E-state index contributed by atoms with van der Waals surface area (Å²) in [4.78, 5) is 3.98. The van der Waals surface area contributed by atoms with Crippen LogP contribution in [0.3, 0.4) is 0 Å². The molecule has 98 valence electrons. The minimum atomic E-state index is -2.41. The maximum absolute atomic E-state index is 12.7. The Bertz CT molecular complexity index is 463. The standard InChI is InChI=1S/C11H9F3N2.C2H6/c12-9-3-1-8(2-4-9)10-5-16(7-15-10)6-11(13)14;1-2/h1-5,7,11H,6H2;1-2H3. The van der Waals surface area contributed by atoms with Crippen LogP contribution >= 0.6 is 0 Å². The van der Waals surface area contributed by atoms with Crippen LogP contribution in [0.2, 0.25) is 0 Å². The Hall–Kier alpha value is -1.78. The zero-order valence-electron chi connectivity index (χ0n) is 10.3. The Kier molecular flexibility index (Phi) is 5.42. The second kappa shape index (κ2) is 6.83. The number of hydrogen-bond donors (Lipinski definition) is 0. The van der Waals surface area contributed by atoms with Gasteiger partial charge in [0, 0.05) is 11.8 Å². The van der Waals surface area contributed by atoms with Crippen LogP contribution in [0.1, 0.15) is 13.8 Å². The van der Waals surface area contributed by atoms with E-state index in [0.29, 0.717) is 11.3 Å². The summed E-state index contributed by atoms with van der Waals surface area (Å²) in [5.41, 5.74) is 1.26. The Morgan fingerprint density at radius 1 is 1.17 bits per heavy atom. The summed E-state index contributed by atoms with van der Waals surface area (Å²) in [7, 11) is 0. The number of hydrogen-bond acceptors (Lipinski definition) is 1. The van der Waals surface area contributed by atoms with Crippen molar-refractivity contribution in [2.75, 3.05) is 0 Å². The third-order valence-electron chi connectivity index (χ3n) is 2.12. The predicted molar refractivity (Wildman–Crippen MR) is 65.0 cm³/mol. The number of imidazole rings is 1. The van der Waals surface area contributed by atoms with Gasteiger partial charge in [0.05, 0.1) is 18.6 Å². The van der Waals surface area contributed by atoms with Gasteiger partial charge in [0.15, 0.2) is 0 Å². The molecule has 1 heterocycles. The minimum absolute atomic E-state index is 0.337. The van der Waals surface area contributed by atoms with Gasteiger partial charge in [-0.2, -0.15) is 0 Å². The fourth-order valence-electron chi connectivity index (χ4n) is 1.39. The van der Waals surface area contributed by atoms with E-state index in [1.807, 2.05) is 13.8 Å². The van der Waals surface area contributed by atoms with Gasteiger partial charge in [0.1, 0.15) is 5.82 Å². The molecule has 5 heteroatoms. The summed E-state index contributed by atoms with van der Waals surface area (Å²) in [6.45, 7) is 3.62. The van der Waals surface area contributed by atoms with Gasteiger partial charge in [0.2, 0.25) is 0 Å². The molecule has 2 nitrogen and oxygen atoms in total. The SMILES string of the molecule is CC.Fc1ccc(-c2cn(CC(F)F)cn2)cc1. The second-order valence-electron chi connectivity index (χ2n) is 3.35. The highest BCUT2D eigenvalue weighted by Gasteiger charge is 2.06. The van der Waals surface area contributed by atoms with E-state index >= 15 is 0 Å². The molecule has 0 unspecified atom stereocenters. The maximum Gasteiger partial charge on any atom is 0.256 e. The van der Waals surface area contributed by atoms with Gasteiger partial charge in [0.25, 0.3) is 6.43 Å². The summed E-state index contributed by atoms with van der Waals surface area (Å²) in [5, 5.41) is 0. The molecule has 0 amide bonds. The molecule has 0 aliphatic rings. The third kappa shape index (κ3) is 3.91. The molecule has 0 saturated carbocycles. The average Bonchev–Trinajstić information content (AvgIpc) is 2.80. The molecule has 18 heavy (non-hydrogen) atoms. The molecule has 0 saturated heterocycles. The van der Waals surface area contributed by atoms with Crippen LogP contribution in [0.15, 0.2) is 36.8 Å². The van der Waals surface area contributed by atoms with Crippen molar-refractivity contribution in [3.63, 3.8) is 0 Å². The minimum Gasteiger partial charge on any atom is -0.331 e. The lowest BCUT2D eigenvalue weighted by molar-refractivity contribution is 0.126. The van der Waals surface area contributed by atoms with Crippen molar-refractivity contribution in [1.29, 1.82) is 0 Å². The summed E-state index contributed by atoms with van der Waals surface area (Å²) in [5.74, 6) is -0.337. The smallest absolute Gasteiger partial charge is 0.256 e. The van der Waals surface area contributed by atoms with E-state index in [2.05, 4.69) is 4.98 Å². The zero-order chi connectivity index (χ0) is 13.5. The van der Waals surface area contributed by atoms with Crippen LogP contribution in [-0.4, -0.2) is 16.0 Å². The first-order valence-electron chi connectivity index (χ1n) is 5.71. The molecule has 0 fully saturated rings. The first-order chi connectivity index (χ1) is 8.65. The Morgan fingerprint density at radius 3 is 2.33 bits per heavy atom. The highest BCUT2D eigenvalue weighted by atomic mass is 19.3. The fourth-order valence-corrected chi connectivity index (χ4v) is 1.39. The zero-order valence-corrected chi connectivity index (χ0v) is 10.3. The van der Waals surface area contributed by atoms with Gasteiger partial charge in [-0.15, -0.1) is 0 Å². The molecular formula is C13H15F3N2. The Labute approximate surface area is 104 Å².